The lowest BCUT2D eigenvalue weighted by molar-refractivity contribution is -0.167. The van der Waals surface area contributed by atoms with Gasteiger partial charge in [-0.05, 0) is 70.6 Å². The van der Waals surface area contributed by atoms with Crippen molar-refractivity contribution in [3.8, 4) is 0 Å². The van der Waals surface area contributed by atoms with Crippen molar-refractivity contribution in [2.75, 3.05) is 13.2 Å². The molecule has 0 radical (unpaired) electrons. The van der Waals surface area contributed by atoms with Crippen LogP contribution in [0.25, 0.3) is 0 Å². The van der Waals surface area contributed by atoms with E-state index in [1.54, 1.807) is 0 Å². The predicted octanol–water partition coefficient (Wildman–Crippen LogP) is 25.2. The number of hydrogen-bond donors (Lipinski definition) is 0. The molecule has 0 aromatic rings. The average molecular weight is 1160 g/mol. The number of rotatable bonds is 67. The lowest BCUT2D eigenvalue weighted by atomic mass is 10.0. The predicted molar refractivity (Wildman–Crippen MR) is 362 cm³/mol. The van der Waals surface area contributed by atoms with Crippen molar-refractivity contribution in [2.45, 2.75) is 386 Å². The molecule has 0 aromatic carbocycles. The van der Waals surface area contributed by atoms with Gasteiger partial charge in [-0.3, -0.25) is 14.4 Å². The first kappa shape index (κ1) is 79.8. The highest BCUT2D eigenvalue weighted by atomic mass is 16.6. The van der Waals surface area contributed by atoms with Crippen LogP contribution >= 0.6 is 0 Å². The molecule has 0 heterocycles. The second-order valence-corrected chi connectivity index (χ2v) is 24.5. The number of hydrogen-bond acceptors (Lipinski definition) is 6. The molecule has 6 heteroatoms. The number of unbranched alkanes of at least 4 members (excludes halogenated alkanes) is 44. The number of carbonyl (C=O) groups is 3. The summed E-state index contributed by atoms with van der Waals surface area (Å²) in [7, 11) is 0. The monoisotopic (exact) mass is 1160 g/mol. The van der Waals surface area contributed by atoms with Crippen LogP contribution < -0.4 is 0 Å². The molecule has 0 aromatic heterocycles. The van der Waals surface area contributed by atoms with E-state index in [4.69, 9.17) is 14.2 Å². The Morgan fingerprint density at radius 1 is 0.253 bits per heavy atom. The van der Waals surface area contributed by atoms with E-state index >= 15 is 0 Å². The van der Waals surface area contributed by atoms with Crippen LogP contribution in [-0.4, -0.2) is 37.2 Å². The summed E-state index contributed by atoms with van der Waals surface area (Å²) >= 11 is 0. The van der Waals surface area contributed by atoms with Gasteiger partial charge in [-0.25, -0.2) is 0 Å². The van der Waals surface area contributed by atoms with Crippen molar-refractivity contribution in [3.63, 3.8) is 0 Å². The SMILES string of the molecule is CC/C=C\C/C=C\C/C=C\C/C=C\C/C=C\C/C=C\CCCCCCC(=O)OC(COC(=O)CCCCCCCCCCCCCC)COC(=O)CCCCCCCCCCCCCCCCCCCCCCCCCCCCCCCC. The van der Waals surface area contributed by atoms with Crippen molar-refractivity contribution in [2.24, 2.45) is 0 Å². The van der Waals surface area contributed by atoms with Gasteiger partial charge in [0.2, 0.25) is 0 Å². The Morgan fingerprint density at radius 2 is 0.470 bits per heavy atom. The van der Waals surface area contributed by atoms with Crippen LogP contribution in [0, 0.1) is 0 Å². The summed E-state index contributed by atoms with van der Waals surface area (Å²) in [6, 6.07) is 0. The molecule has 0 aliphatic heterocycles. The van der Waals surface area contributed by atoms with Crippen molar-refractivity contribution >= 4 is 17.9 Å². The van der Waals surface area contributed by atoms with E-state index in [1.165, 1.54) is 231 Å². The van der Waals surface area contributed by atoms with E-state index in [-0.39, 0.29) is 31.1 Å². The van der Waals surface area contributed by atoms with Gasteiger partial charge in [0, 0.05) is 19.3 Å². The minimum Gasteiger partial charge on any atom is -0.462 e. The Labute approximate surface area is 516 Å². The molecular weight excluding hydrogens is 1020 g/mol. The van der Waals surface area contributed by atoms with E-state index in [1.807, 2.05) is 0 Å². The second kappa shape index (κ2) is 71.3. The fraction of sp³-hybridized carbons (Fsp3) is 0.805. The van der Waals surface area contributed by atoms with Gasteiger partial charge in [0.1, 0.15) is 13.2 Å². The molecule has 0 spiro atoms. The minimum absolute atomic E-state index is 0.0813. The Bertz CT molecular complexity index is 1520. The molecule has 0 bridgehead atoms. The van der Waals surface area contributed by atoms with Gasteiger partial charge in [-0.1, -0.05) is 363 Å². The summed E-state index contributed by atoms with van der Waals surface area (Å²) in [5, 5.41) is 0. The number of carbonyl (C=O) groups excluding carboxylic acids is 3. The topological polar surface area (TPSA) is 78.9 Å². The van der Waals surface area contributed by atoms with Crippen molar-refractivity contribution in [1.82, 2.24) is 0 Å². The first-order valence-corrected chi connectivity index (χ1v) is 36.4. The van der Waals surface area contributed by atoms with E-state index < -0.39 is 6.10 Å². The van der Waals surface area contributed by atoms with Gasteiger partial charge in [0.15, 0.2) is 6.10 Å². The highest BCUT2D eigenvalue weighted by Crippen LogP contribution is 2.19. The van der Waals surface area contributed by atoms with Crippen LogP contribution in [-0.2, 0) is 28.6 Å². The second-order valence-electron chi connectivity index (χ2n) is 24.5. The highest BCUT2D eigenvalue weighted by molar-refractivity contribution is 5.71. The molecule has 482 valence electrons. The number of esters is 3. The molecule has 1 atom stereocenters. The molecule has 6 nitrogen and oxygen atoms in total. The standard InChI is InChI=1S/C77H138O6/c1-4-7-10-13-16-19-22-25-27-29-31-33-35-36-37-38-39-40-41-43-44-46-48-50-52-55-58-61-64-67-70-76(79)82-73-74(72-81-75(78)69-66-63-60-57-54-24-21-18-15-12-9-6-3)83-77(80)71-68-65-62-59-56-53-51-49-47-45-42-34-32-30-28-26-23-20-17-14-11-8-5-2/h8,11,17,20,26,28,32,34,45,47,51,53,74H,4-7,9-10,12-16,18-19,21-25,27,29-31,33,35-44,46,48-50,52,54-73H2,1-3H3/b11-8-,20-17-,28-26-,34-32-,47-45-,53-51-. The van der Waals surface area contributed by atoms with Gasteiger partial charge in [0.25, 0.3) is 0 Å². The first-order chi connectivity index (χ1) is 41.0. The lowest BCUT2D eigenvalue weighted by Crippen LogP contribution is -2.30. The summed E-state index contributed by atoms with van der Waals surface area (Å²) in [5.74, 6) is -0.885. The van der Waals surface area contributed by atoms with Crippen molar-refractivity contribution in [3.05, 3.63) is 72.9 Å². The van der Waals surface area contributed by atoms with Crippen LogP contribution in [0.3, 0.4) is 0 Å². The maximum Gasteiger partial charge on any atom is 0.306 e. The molecule has 0 aliphatic carbocycles. The third-order valence-electron chi connectivity index (χ3n) is 16.2. The first-order valence-electron chi connectivity index (χ1n) is 36.4. The van der Waals surface area contributed by atoms with Gasteiger partial charge < -0.3 is 14.2 Å². The molecule has 0 fully saturated rings. The van der Waals surface area contributed by atoms with E-state index in [0.717, 1.165) is 109 Å². The van der Waals surface area contributed by atoms with E-state index in [9.17, 15) is 14.4 Å². The number of ether oxygens (including phenoxy) is 3. The minimum atomic E-state index is -0.788. The molecule has 0 rings (SSSR count). The maximum atomic E-state index is 12.9. The van der Waals surface area contributed by atoms with Crippen molar-refractivity contribution in [1.29, 1.82) is 0 Å². The summed E-state index contributed by atoms with van der Waals surface area (Å²) in [6.07, 6.45) is 93.8. The van der Waals surface area contributed by atoms with Gasteiger partial charge >= 0.3 is 17.9 Å². The Balaban J connectivity index is 4.22. The normalized spacial score (nSPS) is 12.5. The third kappa shape index (κ3) is 69.5. The molecular formula is C77H138O6. The lowest BCUT2D eigenvalue weighted by Gasteiger charge is -2.18. The smallest absolute Gasteiger partial charge is 0.306 e. The molecule has 0 saturated carbocycles. The van der Waals surface area contributed by atoms with Crippen LogP contribution in [0.2, 0.25) is 0 Å². The summed E-state index contributed by atoms with van der Waals surface area (Å²) < 4.78 is 17.0. The molecule has 0 saturated heterocycles. The number of allylic oxidation sites excluding steroid dienone is 12. The summed E-state index contributed by atoms with van der Waals surface area (Å²) in [4.78, 5) is 38.4. The fourth-order valence-corrected chi connectivity index (χ4v) is 10.8. The maximum absolute atomic E-state index is 12.9. The molecule has 83 heavy (non-hydrogen) atoms. The Kier molecular flexibility index (Phi) is 68.6. The van der Waals surface area contributed by atoms with Gasteiger partial charge in [-0.2, -0.15) is 0 Å². The average Bonchev–Trinajstić information content (AvgIpc) is 3.49. The van der Waals surface area contributed by atoms with E-state index in [0.29, 0.717) is 19.3 Å². The Morgan fingerprint density at radius 3 is 0.735 bits per heavy atom. The molecule has 0 amide bonds. The van der Waals surface area contributed by atoms with E-state index in [2.05, 4.69) is 93.7 Å². The zero-order chi connectivity index (χ0) is 59.9. The quantitative estimate of drug-likeness (QED) is 0.0261. The summed E-state index contributed by atoms with van der Waals surface area (Å²) in [5.41, 5.74) is 0. The highest BCUT2D eigenvalue weighted by Gasteiger charge is 2.19. The molecule has 1 unspecified atom stereocenters. The molecule has 0 N–H and O–H groups in total. The van der Waals surface area contributed by atoms with Crippen LogP contribution in [0.15, 0.2) is 72.9 Å². The summed E-state index contributed by atoms with van der Waals surface area (Å²) in [6.45, 7) is 6.56. The zero-order valence-electron chi connectivity index (χ0n) is 55.5. The van der Waals surface area contributed by atoms with Gasteiger partial charge in [-0.15, -0.1) is 0 Å². The van der Waals surface area contributed by atoms with Crippen LogP contribution in [0.5, 0.6) is 0 Å². The third-order valence-corrected chi connectivity index (χ3v) is 16.2. The zero-order valence-corrected chi connectivity index (χ0v) is 55.5. The fourth-order valence-electron chi connectivity index (χ4n) is 10.8. The van der Waals surface area contributed by atoms with Gasteiger partial charge in [0.05, 0.1) is 0 Å². The molecule has 0 aliphatic rings. The van der Waals surface area contributed by atoms with Crippen LogP contribution in [0.4, 0.5) is 0 Å². The van der Waals surface area contributed by atoms with Crippen LogP contribution in [0.1, 0.15) is 380 Å². The largest absolute Gasteiger partial charge is 0.462 e. The Hall–Kier alpha value is -3.15. The van der Waals surface area contributed by atoms with Crippen molar-refractivity contribution < 1.29 is 28.6 Å².